The van der Waals surface area contributed by atoms with Gasteiger partial charge in [-0.1, -0.05) is 23.2 Å². The van der Waals surface area contributed by atoms with Crippen LogP contribution in [0, 0.1) is 0 Å². The van der Waals surface area contributed by atoms with Crippen molar-refractivity contribution in [3.8, 4) is 0 Å². The van der Waals surface area contributed by atoms with Crippen molar-refractivity contribution < 1.29 is 9.90 Å². The fraction of sp³-hybridized carbons (Fsp3) is 0.364. The first-order chi connectivity index (χ1) is 7.13. The van der Waals surface area contributed by atoms with E-state index in [0.29, 0.717) is 22.9 Å². The molecule has 0 spiro atoms. The molecule has 0 aliphatic rings. The molecule has 0 aliphatic carbocycles. The van der Waals surface area contributed by atoms with Gasteiger partial charge in [0.2, 0.25) is 0 Å². The lowest BCUT2D eigenvalue weighted by Gasteiger charge is -2.03. The Morgan fingerprint density at radius 2 is 2.07 bits per heavy atom. The third-order valence-corrected chi connectivity index (χ3v) is 2.61. The molecule has 0 atom stereocenters. The van der Waals surface area contributed by atoms with Crippen LogP contribution in [-0.2, 0) is 11.2 Å². The van der Waals surface area contributed by atoms with E-state index in [0.717, 1.165) is 5.56 Å². The number of hydrogen-bond donors (Lipinski definition) is 1. The summed E-state index contributed by atoms with van der Waals surface area (Å²) in [5.41, 5.74) is 0.743. The van der Waals surface area contributed by atoms with E-state index in [4.69, 9.17) is 28.3 Å². The molecule has 0 bridgehead atoms. The second-order valence-corrected chi connectivity index (χ2v) is 4.12. The van der Waals surface area contributed by atoms with Crippen LogP contribution < -0.4 is 0 Å². The zero-order chi connectivity index (χ0) is 11.3. The van der Waals surface area contributed by atoms with Crippen LogP contribution in [0.4, 0.5) is 0 Å². The number of aliphatic hydroxyl groups is 1. The fourth-order valence-electron chi connectivity index (χ4n) is 1.26. The van der Waals surface area contributed by atoms with Crippen molar-refractivity contribution >= 4 is 29.0 Å². The summed E-state index contributed by atoms with van der Waals surface area (Å²) in [4.78, 5) is 11.4. The normalized spacial score (nSPS) is 10.3. The molecule has 1 N–H and O–H groups in total. The van der Waals surface area contributed by atoms with Gasteiger partial charge in [-0.3, -0.25) is 4.79 Å². The second-order valence-electron chi connectivity index (χ2n) is 3.28. The summed E-state index contributed by atoms with van der Waals surface area (Å²) in [6.07, 6.45) is 1.15. The quantitative estimate of drug-likeness (QED) is 0.868. The number of hydrogen-bond acceptors (Lipinski definition) is 2. The highest BCUT2D eigenvalue weighted by Crippen LogP contribution is 2.21. The van der Waals surface area contributed by atoms with Gasteiger partial charge in [0.1, 0.15) is 5.78 Å². The maximum absolute atomic E-state index is 11.4. The number of Topliss-reactive ketones (excluding diaryl/α,β-unsaturated/α-hetero) is 1. The lowest BCUT2D eigenvalue weighted by molar-refractivity contribution is -0.118. The maximum Gasteiger partial charge on any atom is 0.137 e. The highest BCUT2D eigenvalue weighted by atomic mass is 35.5. The average Bonchev–Trinajstić information content (AvgIpc) is 2.20. The number of benzene rings is 1. The van der Waals surface area contributed by atoms with Gasteiger partial charge in [0.15, 0.2) is 0 Å². The largest absolute Gasteiger partial charge is 0.396 e. The Kier molecular flexibility index (Phi) is 5.09. The summed E-state index contributed by atoms with van der Waals surface area (Å²) in [6.45, 7) is 0.0367. The SMILES string of the molecule is O=C(CCCO)Cc1cc(Cl)ccc1Cl. The van der Waals surface area contributed by atoms with Crippen LogP contribution in [-0.4, -0.2) is 17.5 Å². The number of carbonyl (C=O) groups is 1. The molecule has 1 rings (SSSR count). The Morgan fingerprint density at radius 3 is 2.73 bits per heavy atom. The molecule has 1 aromatic rings. The predicted molar refractivity (Wildman–Crippen MR) is 61.5 cm³/mol. The molecular formula is C11H12Cl2O2. The molecular weight excluding hydrogens is 235 g/mol. The monoisotopic (exact) mass is 246 g/mol. The molecule has 82 valence electrons. The van der Waals surface area contributed by atoms with Crippen LogP contribution >= 0.6 is 23.2 Å². The first-order valence-corrected chi connectivity index (χ1v) is 5.45. The molecule has 0 radical (unpaired) electrons. The highest BCUT2D eigenvalue weighted by molar-refractivity contribution is 6.33. The zero-order valence-electron chi connectivity index (χ0n) is 8.17. The molecule has 0 fully saturated rings. The van der Waals surface area contributed by atoms with Crippen LogP contribution in [0.2, 0.25) is 10.0 Å². The van der Waals surface area contributed by atoms with Crippen molar-refractivity contribution in [1.29, 1.82) is 0 Å². The number of aliphatic hydroxyl groups excluding tert-OH is 1. The molecule has 0 aromatic heterocycles. The first kappa shape index (κ1) is 12.5. The van der Waals surface area contributed by atoms with Crippen LogP contribution in [0.3, 0.4) is 0 Å². The van der Waals surface area contributed by atoms with Gasteiger partial charge < -0.3 is 5.11 Å². The van der Waals surface area contributed by atoms with Gasteiger partial charge in [-0.2, -0.15) is 0 Å². The summed E-state index contributed by atoms with van der Waals surface area (Å²) >= 11 is 11.7. The average molecular weight is 247 g/mol. The molecule has 4 heteroatoms. The highest BCUT2D eigenvalue weighted by Gasteiger charge is 2.07. The summed E-state index contributed by atoms with van der Waals surface area (Å²) in [5.74, 6) is 0.0632. The van der Waals surface area contributed by atoms with Gasteiger partial charge in [-0.15, -0.1) is 0 Å². The lowest BCUT2D eigenvalue weighted by Crippen LogP contribution is -2.04. The van der Waals surface area contributed by atoms with Crippen molar-refractivity contribution in [1.82, 2.24) is 0 Å². The Bertz CT molecular complexity index is 350. The third kappa shape index (κ3) is 4.20. The second kappa shape index (κ2) is 6.11. The molecule has 0 saturated heterocycles. The molecule has 0 amide bonds. The first-order valence-electron chi connectivity index (χ1n) is 4.70. The molecule has 1 aromatic carbocycles. The van der Waals surface area contributed by atoms with Gasteiger partial charge in [0, 0.05) is 29.5 Å². The zero-order valence-corrected chi connectivity index (χ0v) is 9.68. The van der Waals surface area contributed by atoms with E-state index in [2.05, 4.69) is 0 Å². The Morgan fingerprint density at radius 1 is 1.33 bits per heavy atom. The van der Waals surface area contributed by atoms with Crippen molar-refractivity contribution in [2.24, 2.45) is 0 Å². The van der Waals surface area contributed by atoms with E-state index >= 15 is 0 Å². The van der Waals surface area contributed by atoms with Crippen LogP contribution in [0.25, 0.3) is 0 Å². The van der Waals surface area contributed by atoms with Crippen molar-refractivity contribution in [2.45, 2.75) is 19.3 Å². The van der Waals surface area contributed by atoms with Crippen LogP contribution in [0.5, 0.6) is 0 Å². The van der Waals surface area contributed by atoms with Gasteiger partial charge in [-0.25, -0.2) is 0 Å². The minimum atomic E-state index is 0.0367. The van der Waals surface area contributed by atoms with Crippen molar-refractivity contribution in [3.05, 3.63) is 33.8 Å². The van der Waals surface area contributed by atoms with Gasteiger partial charge in [-0.05, 0) is 30.2 Å². The van der Waals surface area contributed by atoms with Crippen molar-refractivity contribution in [3.63, 3.8) is 0 Å². The number of ketones is 1. The summed E-state index contributed by atoms with van der Waals surface area (Å²) in [7, 11) is 0. The number of rotatable bonds is 5. The standard InChI is InChI=1S/C11H12Cl2O2/c12-9-3-4-11(13)8(6-9)7-10(15)2-1-5-14/h3-4,6,14H,1-2,5,7H2. The number of halogens is 2. The van der Waals surface area contributed by atoms with E-state index < -0.39 is 0 Å². The Labute approximate surface area is 98.8 Å². The van der Waals surface area contributed by atoms with Gasteiger partial charge >= 0.3 is 0 Å². The van der Waals surface area contributed by atoms with Crippen LogP contribution in [0.15, 0.2) is 18.2 Å². The minimum absolute atomic E-state index is 0.0367. The molecule has 0 saturated carbocycles. The molecule has 0 aliphatic heterocycles. The van der Waals surface area contributed by atoms with Gasteiger partial charge in [0.25, 0.3) is 0 Å². The summed E-state index contributed by atoms with van der Waals surface area (Å²) in [5, 5.41) is 9.71. The lowest BCUT2D eigenvalue weighted by atomic mass is 10.1. The Balaban J connectivity index is 2.63. The van der Waals surface area contributed by atoms with E-state index in [9.17, 15) is 4.79 Å². The molecule has 0 unspecified atom stereocenters. The third-order valence-electron chi connectivity index (χ3n) is 2.01. The van der Waals surface area contributed by atoms with E-state index in [1.54, 1.807) is 18.2 Å². The Hall–Kier alpha value is -0.570. The van der Waals surface area contributed by atoms with Crippen LogP contribution in [0.1, 0.15) is 18.4 Å². The number of carbonyl (C=O) groups excluding carboxylic acids is 1. The molecule has 2 nitrogen and oxygen atoms in total. The van der Waals surface area contributed by atoms with E-state index in [1.807, 2.05) is 0 Å². The molecule has 0 heterocycles. The van der Waals surface area contributed by atoms with E-state index in [-0.39, 0.29) is 18.8 Å². The summed E-state index contributed by atoms with van der Waals surface area (Å²) in [6, 6.07) is 5.06. The minimum Gasteiger partial charge on any atom is -0.396 e. The van der Waals surface area contributed by atoms with E-state index in [1.165, 1.54) is 0 Å². The topological polar surface area (TPSA) is 37.3 Å². The smallest absolute Gasteiger partial charge is 0.137 e. The predicted octanol–water partition coefficient (Wildman–Crippen LogP) is 2.88. The van der Waals surface area contributed by atoms with Crippen molar-refractivity contribution in [2.75, 3.05) is 6.61 Å². The van der Waals surface area contributed by atoms with Gasteiger partial charge in [0.05, 0.1) is 0 Å². The fourth-order valence-corrected chi connectivity index (χ4v) is 1.63. The maximum atomic E-state index is 11.4. The summed E-state index contributed by atoms with van der Waals surface area (Å²) < 4.78 is 0. The molecule has 15 heavy (non-hydrogen) atoms.